The van der Waals surface area contributed by atoms with Gasteiger partial charge in [0.25, 0.3) is 0 Å². The van der Waals surface area contributed by atoms with Crippen LogP contribution < -0.4 is 5.32 Å². The van der Waals surface area contributed by atoms with Crippen molar-refractivity contribution in [2.75, 3.05) is 13.6 Å². The van der Waals surface area contributed by atoms with Crippen molar-refractivity contribution in [1.82, 2.24) is 5.32 Å². The summed E-state index contributed by atoms with van der Waals surface area (Å²) in [4.78, 5) is 0. The van der Waals surface area contributed by atoms with E-state index >= 15 is 0 Å². The van der Waals surface area contributed by atoms with Gasteiger partial charge in [0, 0.05) is 12.5 Å². The van der Waals surface area contributed by atoms with E-state index in [0.29, 0.717) is 0 Å². The SMILES string of the molecule is CNCC(c1ccccc1)[C@@H](O)c1ccc2ccccc2c1. The summed E-state index contributed by atoms with van der Waals surface area (Å²) in [7, 11) is 1.92. The van der Waals surface area contributed by atoms with Gasteiger partial charge in [0.1, 0.15) is 0 Å². The molecule has 112 valence electrons. The van der Waals surface area contributed by atoms with Crippen LogP contribution in [0.2, 0.25) is 0 Å². The fraction of sp³-hybridized carbons (Fsp3) is 0.200. The van der Waals surface area contributed by atoms with Crippen LogP contribution in [-0.2, 0) is 0 Å². The monoisotopic (exact) mass is 291 g/mol. The third-order valence-corrected chi connectivity index (χ3v) is 4.15. The van der Waals surface area contributed by atoms with Gasteiger partial charge in [-0.05, 0) is 35.0 Å². The first-order chi connectivity index (χ1) is 10.8. The number of benzene rings is 3. The van der Waals surface area contributed by atoms with Crippen molar-refractivity contribution in [3.8, 4) is 0 Å². The fourth-order valence-corrected chi connectivity index (χ4v) is 2.96. The maximum absolute atomic E-state index is 10.9. The van der Waals surface area contributed by atoms with Crippen LogP contribution in [0, 0.1) is 0 Å². The highest BCUT2D eigenvalue weighted by atomic mass is 16.3. The van der Waals surface area contributed by atoms with Crippen LogP contribution in [0.3, 0.4) is 0 Å². The number of hydrogen-bond acceptors (Lipinski definition) is 2. The maximum atomic E-state index is 10.9. The van der Waals surface area contributed by atoms with Gasteiger partial charge < -0.3 is 10.4 Å². The van der Waals surface area contributed by atoms with Gasteiger partial charge in [-0.1, -0.05) is 66.7 Å². The average Bonchev–Trinajstić information content (AvgIpc) is 2.59. The topological polar surface area (TPSA) is 32.3 Å². The van der Waals surface area contributed by atoms with Gasteiger partial charge in [0.05, 0.1) is 6.10 Å². The first-order valence-corrected chi connectivity index (χ1v) is 7.66. The fourth-order valence-electron chi connectivity index (χ4n) is 2.96. The molecule has 0 bridgehead atoms. The Labute approximate surface area is 131 Å². The first-order valence-electron chi connectivity index (χ1n) is 7.66. The van der Waals surface area contributed by atoms with E-state index in [1.165, 1.54) is 5.39 Å². The highest BCUT2D eigenvalue weighted by Crippen LogP contribution is 2.32. The lowest BCUT2D eigenvalue weighted by atomic mass is 9.88. The molecule has 2 heteroatoms. The molecule has 1 unspecified atom stereocenters. The Morgan fingerprint density at radius 1 is 0.818 bits per heavy atom. The molecular formula is C20H21NO. The molecular weight excluding hydrogens is 270 g/mol. The molecule has 0 fully saturated rings. The van der Waals surface area contributed by atoms with E-state index in [2.05, 4.69) is 41.7 Å². The molecule has 0 saturated carbocycles. The second kappa shape index (κ2) is 6.73. The third kappa shape index (κ3) is 3.03. The van der Waals surface area contributed by atoms with Crippen LogP contribution in [0.25, 0.3) is 10.8 Å². The molecule has 2 nitrogen and oxygen atoms in total. The van der Waals surface area contributed by atoms with E-state index in [-0.39, 0.29) is 5.92 Å². The molecule has 0 aliphatic carbocycles. The summed E-state index contributed by atoms with van der Waals surface area (Å²) in [5, 5.41) is 16.4. The Kier molecular flexibility index (Phi) is 4.52. The number of aliphatic hydroxyl groups is 1. The summed E-state index contributed by atoms with van der Waals surface area (Å²) in [5.74, 6) is 0.0346. The van der Waals surface area contributed by atoms with Gasteiger partial charge in [-0.2, -0.15) is 0 Å². The van der Waals surface area contributed by atoms with Gasteiger partial charge >= 0.3 is 0 Å². The van der Waals surface area contributed by atoms with Crippen molar-refractivity contribution in [1.29, 1.82) is 0 Å². The van der Waals surface area contributed by atoms with Crippen LogP contribution in [-0.4, -0.2) is 18.7 Å². The number of fused-ring (bicyclic) bond motifs is 1. The highest BCUT2D eigenvalue weighted by Gasteiger charge is 2.22. The Balaban J connectivity index is 1.96. The van der Waals surface area contributed by atoms with Crippen LogP contribution in [0.1, 0.15) is 23.1 Å². The molecule has 3 rings (SSSR count). The summed E-state index contributed by atoms with van der Waals surface area (Å²) in [6, 6.07) is 24.6. The number of likely N-dealkylation sites (N-methyl/N-ethyl adjacent to an activating group) is 1. The molecule has 0 amide bonds. The van der Waals surface area contributed by atoms with E-state index in [4.69, 9.17) is 0 Å². The second-order valence-corrected chi connectivity index (χ2v) is 5.63. The summed E-state index contributed by atoms with van der Waals surface area (Å²) in [6.07, 6.45) is -0.528. The minimum Gasteiger partial charge on any atom is -0.388 e. The predicted molar refractivity (Wildman–Crippen MR) is 92.0 cm³/mol. The smallest absolute Gasteiger partial charge is 0.0870 e. The lowest BCUT2D eigenvalue weighted by Crippen LogP contribution is -2.23. The maximum Gasteiger partial charge on any atom is 0.0870 e. The van der Waals surface area contributed by atoms with Gasteiger partial charge in [-0.15, -0.1) is 0 Å². The van der Waals surface area contributed by atoms with E-state index in [0.717, 1.165) is 23.1 Å². The molecule has 0 radical (unpaired) electrons. The Morgan fingerprint density at radius 2 is 1.50 bits per heavy atom. The minimum absolute atomic E-state index is 0.0346. The molecule has 3 aromatic rings. The quantitative estimate of drug-likeness (QED) is 0.748. The van der Waals surface area contributed by atoms with Gasteiger partial charge in [0.2, 0.25) is 0 Å². The van der Waals surface area contributed by atoms with Gasteiger partial charge in [-0.25, -0.2) is 0 Å². The Bertz CT molecular complexity index is 739. The van der Waals surface area contributed by atoms with Crippen LogP contribution in [0.4, 0.5) is 0 Å². The summed E-state index contributed by atoms with van der Waals surface area (Å²) in [5.41, 5.74) is 2.11. The van der Waals surface area contributed by atoms with Gasteiger partial charge in [-0.3, -0.25) is 0 Å². The van der Waals surface area contributed by atoms with E-state index in [9.17, 15) is 5.11 Å². The molecule has 0 spiro atoms. The lowest BCUT2D eigenvalue weighted by molar-refractivity contribution is 0.144. The predicted octanol–water partition coefficient (Wildman–Crippen LogP) is 3.88. The summed E-state index contributed by atoms with van der Waals surface area (Å²) in [6.45, 7) is 0.734. The van der Waals surface area contributed by atoms with E-state index in [1.807, 2.05) is 43.4 Å². The average molecular weight is 291 g/mol. The number of nitrogens with one attached hydrogen (secondary N) is 1. The zero-order valence-corrected chi connectivity index (χ0v) is 12.7. The minimum atomic E-state index is -0.528. The summed E-state index contributed by atoms with van der Waals surface area (Å²) < 4.78 is 0. The molecule has 0 heterocycles. The number of hydrogen-bond donors (Lipinski definition) is 2. The normalized spacial score (nSPS) is 13.9. The molecule has 0 aromatic heterocycles. The lowest BCUT2D eigenvalue weighted by Gasteiger charge is -2.24. The van der Waals surface area contributed by atoms with Crippen molar-refractivity contribution < 1.29 is 5.11 Å². The number of rotatable bonds is 5. The highest BCUT2D eigenvalue weighted by molar-refractivity contribution is 5.83. The van der Waals surface area contributed by atoms with Crippen molar-refractivity contribution >= 4 is 10.8 Å². The molecule has 0 saturated heterocycles. The molecule has 22 heavy (non-hydrogen) atoms. The molecule has 2 N–H and O–H groups in total. The zero-order valence-electron chi connectivity index (χ0n) is 12.7. The number of aliphatic hydroxyl groups excluding tert-OH is 1. The van der Waals surface area contributed by atoms with E-state index in [1.54, 1.807) is 0 Å². The molecule has 2 atom stereocenters. The van der Waals surface area contributed by atoms with Crippen molar-refractivity contribution in [3.05, 3.63) is 83.9 Å². The molecule has 0 aliphatic rings. The standard InChI is InChI=1S/C20H21NO/c1-21-14-19(16-8-3-2-4-9-16)20(22)18-12-11-15-7-5-6-10-17(15)13-18/h2-13,19-22H,14H2,1H3/t19?,20-/m0/s1. The Hall–Kier alpha value is -2.16. The zero-order chi connectivity index (χ0) is 15.4. The van der Waals surface area contributed by atoms with Crippen molar-refractivity contribution in [2.24, 2.45) is 0 Å². The van der Waals surface area contributed by atoms with Gasteiger partial charge in [0.15, 0.2) is 0 Å². The van der Waals surface area contributed by atoms with Crippen LogP contribution >= 0.6 is 0 Å². The van der Waals surface area contributed by atoms with Crippen molar-refractivity contribution in [3.63, 3.8) is 0 Å². The van der Waals surface area contributed by atoms with Crippen LogP contribution in [0.5, 0.6) is 0 Å². The second-order valence-electron chi connectivity index (χ2n) is 5.63. The van der Waals surface area contributed by atoms with Crippen LogP contribution in [0.15, 0.2) is 72.8 Å². The van der Waals surface area contributed by atoms with Crippen molar-refractivity contribution in [2.45, 2.75) is 12.0 Å². The Morgan fingerprint density at radius 3 is 2.23 bits per heavy atom. The molecule has 0 aliphatic heterocycles. The third-order valence-electron chi connectivity index (χ3n) is 4.15. The summed E-state index contributed by atoms with van der Waals surface area (Å²) >= 11 is 0. The first kappa shape index (κ1) is 14.8. The molecule has 3 aromatic carbocycles. The van der Waals surface area contributed by atoms with E-state index < -0.39 is 6.10 Å². The largest absolute Gasteiger partial charge is 0.388 e.